The van der Waals surface area contributed by atoms with Crippen molar-refractivity contribution in [2.45, 2.75) is 58.8 Å². The van der Waals surface area contributed by atoms with Crippen LogP contribution in [0.2, 0.25) is 0 Å². The summed E-state index contributed by atoms with van der Waals surface area (Å²) in [5.41, 5.74) is 0. The molecule has 2 rings (SSSR count). The van der Waals surface area contributed by atoms with Crippen LogP contribution in [0.3, 0.4) is 0 Å². The molecule has 0 saturated carbocycles. The van der Waals surface area contributed by atoms with E-state index in [-0.39, 0.29) is 23.0 Å². The molecule has 6 nitrogen and oxygen atoms in total. The molecule has 0 unspecified atom stereocenters. The fourth-order valence-corrected chi connectivity index (χ4v) is 3.74. The normalized spacial score (nSPS) is 15.9. The number of esters is 2. The van der Waals surface area contributed by atoms with E-state index in [1.54, 1.807) is 13.8 Å². The lowest BCUT2D eigenvalue weighted by Gasteiger charge is -2.11. The lowest BCUT2D eigenvalue weighted by atomic mass is 10.1. The Labute approximate surface area is 158 Å². The van der Waals surface area contributed by atoms with Crippen LogP contribution in [0.5, 0.6) is 11.5 Å². The van der Waals surface area contributed by atoms with Crippen molar-refractivity contribution in [3.8, 4) is 11.5 Å². The van der Waals surface area contributed by atoms with Gasteiger partial charge in [-0.25, -0.2) is 9.59 Å². The fraction of sp³-hybridized carbons (Fsp3) is 0.684. The molecule has 0 atom stereocenters. The van der Waals surface area contributed by atoms with Gasteiger partial charge in [-0.3, -0.25) is 0 Å². The number of hydrogen-bond acceptors (Lipinski definition) is 7. The third-order valence-corrected chi connectivity index (χ3v) is 5.14. The standard InChI is InChI=1S/C19H28O6S/c1-3-22-18(20)16-14-15(17(26-16)19(21)23-4-2)25-13-11-9-7-5-6-8-10-12-24-14/h3-13H2,1-2H3. The first kappa shape index (κ1) is 20.6. The van der Waals surface area contributed by atoms with Gasteiger partial charge in [-0.1, -0.05) is 32.1 Å². The van der Waals surface area contributed by atoms with E-state index in [0.717, 1.165) is 37.0 Å². The second-order valence-electron chi connectivity index (χ2n) is 6.03. The van der Waals surface area contributed by atoms with Gasteiger partial charge < -0.3 is 18.9 Å². The Morgan fingerprint density at radius 1 is 0.769 bits per heavy atom. The molecular formula is C19H28O6S. The van der Waals surface area contributed by atoms with E-state index in [1.807, 2.05) is 0 Å². The molecule has 146 valence electrons. The molecule has 0 saturated heterocycles. The first-order chi connectivity index (χ1) is 12.7. The van der Waals surface area contributed by atoms with Crippen LogP contribution in [0.25, 0.3) is 0 Å². The molecule has 0 spiro atoms. The first-order valence-electron chi connectivity index (χ1n) is 9.45. The molecule has 1 aliphatic heterocycles. The number of rotatable bonds is 4. The zero-order chi connectivity index (χ0) is 18.8. The number of fused-ring (bicyclic) bond motifs is 1. The monoisotopic (exact) mass is 384 g/mol. The van der Waals surface area contributed by atoms with E-state index in [9.17, 15) is 9.59 Å². The Kier molecular flexibility index (Phi) is 8.74. The number of thiophene rings is 1. The predicted molar refractivity (Wildman–Crippen MR) is 99.5 cm³/mol. The van der Waals surface area contributed by atoms with Gasteiger partial charge in [-0.05, 0) is 26.7 Å². The smallest absolute Gasteiger partial charge is 0.352 e. The summed E-state index contributed by atoms with van der Waals surface area (Å²) in [6.45, 7) is 4.93. The van der Waals surface area contributed by atoms with Crippen molar-refractivity contribution in [1.82, 2.24) is 0 Å². The Bertz CT molecular complexity index is 547. The summed E-state index contributed by atoms with van der Waals surface area (Å²) >= 11 is 1.02. The molecule has 0 radical (unpaired) electrons. The number of hydrogen-bond donors (Lipinski definition) is 0. The number of ether oxygens (including phenoxy) is 4. The van der Waals surface area contributed by atoms with E-state index in [1.165, 1.54) is 19.3 Å². The molecule has 0 bridgehead atoms. The van der Waals surface area contributed by atoms with Crippen molar-refractivity contribution in [3.05, 3.63) is 9.75 Å². The highest BCUT2D eigenvalue weighted by atomic mass is 32.1. The largest absolute Gasteiger partial charge is 0.488 e. The molecule has 7 heteroatoms. The molecule has 0 N–H and O–H groups in total. The highest BCUT2D eigenvalue weighted by molar-refractivity contribution is 7.16. The van der Waals surface area contributed by atoms with E-state index in [4.69, 9.17) is 18.9 Å². The summed E-state index contributed by atoms with van der Waals surface area (Å²) in [5, 5.41) is 0. The lowest BCUT2D eigenvalue weighted by Crippen LogP contribution is -2.08. The van der Waals surface area contributed by atoms with Gasteiger partial charge in [0.1, 0.15) is 0 Å². The Hall–Kier alpha value is -1.76. The summed E-state index contributed by atoms with van der Waals surface area (Å²) in [4.78, 5) is 25.2. The second-order valence-corrected chi connectivity index (χ2v) is 7.05. The van der Waals surface area contributed by atoms with Gasteiger partial charge in [-0.2, -0.15) is 0 Å². The summed E-state index contributed by atoms with van der Waals surface area (Å²) in [6, 6.07) is 0. The third kappa shape index (κ3) is 5.62. The van der Waals surface area contributed by atoms with Gasteiger partial charge in [0.15, 0.2) is 21.3 Å². The summed E-state index contributed by atoms with van der Waals surface area (Å²) in [5.74, 6) is -0.374. The maximum atomic E-state index is 12.3. The molecule has 26 heavy (non-hydrogen) atoms. The summed E-state index contributed by atoms with van der Waals surface area (Å²) < 4.78 is 22.0. The first-order valence-corrected chi connectivity index (χ1v) is 10.3. The minimum Gasteiger partial charge on any atom is -0.488 e. The zero-order valence-corrected chi connectivity index (χ0v) is 16.5. The van der Waals surface area contributed by atoms with Crippen LogP contribution in [-0.4, -0.2) is 38.4 Å². The molecule has 2 heterocycles. The molecule has 0 aliphatic carbocycles. The van der Waals surface area contributed by atoms with Crippen LogP contribution < -0.4 is 9.47 Å². The quantitative estimate of drug-likeness (QED) is 0.706. The van der Waals surface area contributed by atoms with Crippen molar-refractivity contribution in [3.63, 3.8) is 0 Å². The highest BCUT2D eigenvalue weighted by Crippen LogP contribution is 2.43. The van der Waals surface area contributed by atoms with Crippen LogP contribution in [0, 0.1) is 0 Å². The lowest BCUT2D eigenvalue weighted by molar-refractivity contribution is 0.0516. The minimum absolute atomic E-state index is 0.251. The fourth-order valence-electron chi connectivity index (χ4n) is 2.76. The maximum absolute atomic E-state index is 12.3. The van der Waals surface area contributed by atoms with Gasteiger partial charge in [0.2, 0.25) is 0 Å². The van der Waals surface area contributed by atoms with E-state index < -0.39 is 11.9 Å². The second kappa shape index (κ2) is 11.1. The van der Waals surface area contributed by atoms with E-state index in [0.29, 0.717) is 24.7 Å². The van der Waals surface area contributed by atoms with Gasteiger partial charge >= 0.3 is 11.9 Å². The van der Waals surface area contributed by atoms with Crippen LogP contribution in [0.4, 0.5) is 0 Å². The topological polar surface area (TPSA) is 71.1 Å². The molecule has 0 aromatic carbocycles. The zero-order valence-electron chi connectivity index (χ0n) is 15.6. The van der Waals surface area contributed by atoms with Gasteiger partial charge in [0, 0.05) is 0 Å². The maximum Gasteiger partial charge on any atom is 0.352 e. The molecular weight excluding hydrogens is 356 g/mol. The van der Waals surface area contributed by atoms with Crippen LogP contribution >= 0.6 is 11.3 Å². The number of carbonyl (C=O) groups excluding carboxylic acids is 2. The predicted octanol–water partition coefficient (Wildman–Crippen LogP) is 4.60. The highest BCUT2D eigenvalue weighted by Gasteiger charge is 2.31. The van der Waals surface area contributed by atoms with Crippen molar-refractivity contribution < 1.29 is 28.5 Å². The third-order valence-electron chi connectivity index (χ3n) is 4.03. The SMILES string of the molecule is CCOC(=O)c1sc(C(=O)OCC)c2c1OCCCCCCCCCO2. The number of carbonyl (C=O) groups is 2. The van der Waals surface area contributed by atoms with Gasteiger partial charge in [0.05, 0.1) is 26.4 Å². The van der Waals surface area contributed by atoms with Crippen molar-refractivity contribution in [2.75, 3.05) is 26.4 Å². The van der Waals surface area contributed by atoms with Gasteiger partial charge in [0.25, 0.3) is 0 Å². The molecule has 1 aliphatic rings. The molecule has 1 aromatic heterocycles. The molecule has 0 fully saturated rings. The van der Waals surface area contributed by atoms with Crippen molar-refractivity contribution >= 4 is 23.3 Å². The Morgan fingerprint density at radius 2 is 1.15 bits per heavy atom. The van der Waals surface area contributed by atoms with E-state index >= 15 is 0 Å². The van der Waals surface area contributed by atoms with Crippen LogP contribution in [0.1, 0.15) is 78.1 Å². The Balaban J connectivity index is 2.35. The van der Waals surface area contributed by atoms with Crippen molar-refractivity contribution in [2.24, 2.45) is 0 Å². The minimum atomic E-state index is -0.503. The van der Waals surface area contributed by atoms with E-state index in [2.05, 4.69) is 0 Å². The Morgan fingerprint density at radius 3 is 1.54 bits per heavy atom. The summed E-state index contributed by atoms with van der Waals surface area (Å²) in [6.07, 6.45) is 7.53. The van der Waals surface area contributed by atoms with Crippen LogP contribution in [-0.2, 0) is 9.47 Å². The molecule has 0 amide bonds. The molecule has 1 aromatic rings. The van der Waals surface area contributed by atoms with Gasteiger partial charge in [-0.15, -0.1) is 11.3 Å². The van der Waals surface area contributed by atoms with Crippen molar-refractivity contribution in [1.29, 1.82) is 0 Å². The average Bonchev–Trinajstić information content (AvgIpc) is 2.99. The van der Waals surface area contributed by atoms with Crippen LogP contribution in [0.15, 0.2) is 0 Å². The average molecular weight is 384 g/mol. The summed E-state index contributed by atoms with van der Waals surface area (Å²) in [7, 11) is 0.